The molecule has 0 saturated carbocycles. The summed E-state index contributed by atoms with van der Waals surface area (Å²) in [6, 6.07) is 4.67. The maximum absolute atomic E-state index is 12.4. The smallest absolute Gasteiger partial charge is 0.416 e. The Morgan fingerprint density at radius 3 is 2.55 bits per heavy atom. The van der Waals surface area contributed by atoms with Crippen molar-refractivity contribution in [2.75, 3.05) is 33.3 Å². The number of nitrogens with one attached hydrogen (secondary N) is 1. The van der Waals surface area contributed by atoms with Gasteiger partial charge in [0.2, 0.25) is 0 Å². The van der Waals surface area contributed by atoms with Gasteiger partial charge >= 0.3 is 6.18 Å². The highest BCUT2D eigenvalue weighted by molar-refractivity contribution is 5.81. The SMILES string of the molecule is CN1CCN=C1NCCOc1ccc(C(F)(F)F)cc1. The number of hydrogen-bond acceptors (Lipinski definition) is 4. The molecule has 1 N–H and O–H groups in total. The summed E-state index contributed by atoms with van der Waals surface area (Å²) in [7, 11) is 1.94. The fourth-order valence-corrected chi connectivity index (χ4v) is 1.80. The molecule has 1 aromatic rings. The van der Waals surface area contributed by atoms with Gasteiger partial charge in [0.25, 0.3) is 0 Å². The zero-order valence-corrected chi connectivity index (χ0v) is 11.1. The van der Waals surface area contributed by atoms with Gasteiger partial charge in [-0.1, -0.05) is 0 Å². The monoisotopic (exact) mass is 287 g/mol. The van der Waals surface area contributed by atoms with Crippen LogP contribution in [0.5, 0.6) is 5.75 Å². The number of ether oxygens (including phenoxy) is 1. The van der Waals surface area contributed by atoms with Gasteiger partial charge in [-0.2, -0.15) is 13.2 Å². The molecule has 1 aromatic carbocycles. The Morgan fingerprint density at radius 2 is 2.00 bits per heavy atom. The number of hydrogen-bond donors (Lipinski definition) is 1. The zero-order chi connectivity index (χ0) is 14.6. The van der Waals surface area contributed by atoms with E-state index >= 15 is 0 Å². The highest BCUT2D eigenvalue weighted by Crippen LogP contribution is 2.30. The lowest BCUT2D eigenvalue weighted by Gasteiger charge is -2.15. The number of rotatable bonds is 4. The summed E-state index contributed by atoms with van der Waals surface area (Å²) in [5.41, 5.74) is -0.676. The predicted molar refractivity (Wildman–Crippen MR) is 69.9 cm³/mol. The minimum absolute atomic E-state index is 0.359. The fraction of sp³-hybridized carbons (Fsp3) is 0.462. The molecule has 1 aliphatic heterocycles. The average molecular weight is 287 g/mol. The van der Waals surface area contributed by atoms with Crippen LogP contribution in [0.1, 0.15) is 5.56 Å². The number of alkyl halides is 3. The topological polar surface area (TPSA) is 36.9 Å². The van der Waals surface area contributed by atoms with Gasteiger partial charge in [0.05, 0.1) is 18.7 Å². The fourth-order valence-electron chi connectivity index (χ4n) is 1.80. The van der Waals surface area contributed by atoms with Gasteiger partial charge in [-0.05, 0) is 24.3 Å². The molecule has 4 nitrogen and oxygen atoms in total. The van der Waals surface area contributed by atoms with Crippen LogP contribution in [0.2, 0.25) is 0 Å². The molecule has 20 heavy (non-hydrogen) atoms. The molecule has 0 radical (unpaired) electrons. The van der Waals surface area contributed by atoms with Crippen molar-refractivity contribution >= 4 is 5.96 Å². The minimum Gasteiger partial charge on any atom is -0.492 e. The van der Waals surface area contributed by atoms with Gasteiger partial charge in [0.15, 0.2) is 5.96 Å². The summed E-state index contributed by atoms with van der Waals surface area (Å²) >= 11 is 0. The van der Waals surface area contributed by atoms with Crippen LogP contribution in [0.4, 0.5) is 13.2 Å². The van der Waals surface area contributed by atoms with Crippen molar-refractivity contribution < 1.29 is 17.9 Å². The molecule has 0 amide bonds. The summed E-state index contributed by atoms with van der Waals surface area (Å²) in [6.45, 7) is 2.57. The molecule has 0 aliphatic carbocycles. The molecule has 7 heteroatoms. The normalized spacial score (nSPS) is 15.2. The van der Waals surface area contributed by atoms with Crippen LogP contribution in [0.3, 0.4) is 0 Å². The molecule has 0 atom stereocenters. The van der Waals surface area contributed by atoms with Gasteiger partial charge in [-0.3, -0.25) is 4.99 Å². The average Bonchev–Trinajstić information content (AvgIpc) is 2.80. The molecule has 2 rings (SSSR count). The van der Waals surface area contributed by atoms with Crippen molar-refractivity contribution in [1.29, 1.82) is 0 Å². The molecular formula is C13H16F3N3O. The lowest BCUT2D eigenvalue weighted by molar-refractivity contribution is -0.137. The third-order valence-electron chi connectivity index (χ3n) is 2.89. The quantitative estimate of drug-likeness (QED) is 0.860. The van der Waals surface area contributed by atoms with Crippen molar-refractivity contribution in [2.24, 2.45) is 4.99 Å². The number of aliphatic imine (C=N–C) groups is 1. The second-order valence-electron chi connectivity index (χ2n) is 4.42. The summed E-state index contributed by atoms with van der Waals surface area (Å²) in [4.78, 5) is 6.25. The second kappa shape index (κ2) is 6.02. The van der Waals surface area contributed by atoms with Crippen molar-refractivity contribution in [2.45, 2.75) is 6.18 Å². The van der Waals surface area contributed by atoms with Gasteiger partial charge in [-0.15, -0.1) is 0 Å². The van der Waals surface area contributed by atoms with E-state index < -0.39 is 11.7 Å². The molecule has 0 spiro atoms. The van der Waals surface area contributed by atoms with Gasteiger partial charge in [0, 0.05) is 13.6 Å². The lowest BCUT2D eigenvalue weighted by Crippen LogP contribution is -2.37. The summed E-state index contributed by atoms with van der Waals surface area (Å²) in [6.07, 6.45) is -4.31. The first kappa shape index (κ1) is 14.5. The summed E-state index contributed by atoms with van der Waals surface area (Å²) < 4.78 is 42.5. The van der Waals surface area contributed by atoms with E-state index in [1.807, 2.05) is 11.9 Å². The molecule has 0 unspecified atom stereocenters. The lowest BCUT2D eigenvalue weighted by atomic mass is 10.2. The van der Waals surface area contributed by atoms with Crippen molar-refractivity contribution in [1.82, 2.24) is 10.2 Å². The first-order chi connectivity index (χ1) is 9.47. The predicted octanol–water partition coefficient (Wildman–Crippen LogP) is 1.98. The van der Waals surface area contributed by atoms with E-state index in [-0.39, 0.29) is 0 Å². The van der Waals surface area contributed by atoms with Crippen molar-refractivity contribution in [3.8, 4) is 5.75 Å². The van der Waals surface area contributed by atoms with Gasteiger partial charge < -0.3 is 15.0 Å². The number of guanidine groups is 1. The first-order valence-corrected chi connectivity index (χ1v) is 6.26. The zero-order valence-electron chi connectivity index (χ0n) is 11.1. The number of nitrogens with zero attached hydrogens (tertiary/aromatic N) is 2. The summed E-state index contributed by atoms with van der Waals surface area (Å²) in [5, 5.41) is 3.11. The minimum atomic E-state index is -4.31. The third kappa shape index (κ3) is 3.79. The van der Waals surface area contributed by atoms with E-state index in [0.717, 1.165) is 31.2 Å². The van der Waals surface area contributed by atoms with Crippen LogP contribution < -0.4 is 10.1 Å². The van der Waals surface area contributed by atoms with E-state index in [2.05, 4.69) is 10.3 Å². The molecule has 0 saturated heterocycles. The molecule has 0 bridgehead atoms. The molecule has 1 heterocycles. The maximum Gasteiger partial charge on any atom is 0.416 e. The van der Waals surface area contributed by atoms with Crippen LogP contribution in [0.15, 0.2) is 29.3 Å². The van der Waals surface area contributed by atoms with E-state index in [1.54, 1.807) is 0 Å². The largest absolute Gasteiger partial charge is 0.492 e. The van der Waals surface area contributed by atoms with Crippen molar-refractivity contribution in [3.05, 3.63) is 29.8 Å². The highest BCUT2D eigenvalue weighted by Gasteiger charge is 2.29. The molecule has 1 aliphatic rings. The van der Waals surface area contributed by atoms with E-state index in [4.69, 9.17) is 4.74 Å². The van der Waals surface area contributed by atoms with Gasteiger partial charge in [0.1, 0.15) is 12.4 Å². The molecule has 0 aromatic heterocycles. The second-order valence-corrected chi connectivity index (χ2v) is 4.42. The first-order valence-electron chi connectivity index (χ1n) is 6.26. The molecular weight excluding hydrogens is 271 g/mol. The van der Waals surface area contributed by atoms with Gasteiger partial charge in [-0.25, -0.2) is 0 Å². The van der Waals surface area contributed by atoms with Crippen LogP contribution in [-0.2, 0) is 6.18 Å². The number of benzene rings is 1. The van der Waals surface area contributed by atoms with Crippen LogP contribution in [0.25, 0.3) is 0 Å². The van der Waals surface area contributed by atoms with E-state index in [0.29, 0.717) is 18.9 Å². The third-order valence-corrected chi connectivity index (χ3v) is 2.89. The number of halogens is 3. The Hall–Kier alpha value is -1.92. The molecule has 0 fully saturated rings. The Kier molecular flexibility index (Phi) is 4.36. The molecule has 110 valence electrons. The standard InChI is InChI=1S/C13H16F3N3O/c1-19-8-6-17-12(19)18-7-9-20-11-4-2-10(3-5-11)13(14,15)16/h2-5H,6-9H2,1H3,(H,17,18). The Morgan fingerprint density at radius 1 is 1.30 bits per heavy atom. The highest BCUT2D eigenvalue weighted by atomic mass is 19.4. The van der Waals surface area contributed by atoms with Crippen LogP contribution in [-0.4, -0.2) is 44.1 Å². The summed E-state index contributed by atoms with van der Waals surface area (Å²) in [5.74, 6) is 1.24. The maximum atomic E-state index is 12.4. The van der Waals surface area contributed by atoms with E-state index in [9.17, 15) is 13.2 Å². The Labute approximate surface area is 115 Å². The van der Waals surface area contributed by atoms with Crippen molar-refractivity contribution in [3.63, 3.8) is 0 Å². The Balaban J connectivity index is 1.74. The van der Waals surface area contributed by atoms with Crippen LogP contribution in [0, 0.1) is 0 Å². The van der Waals surface area contributed by atoms with Crippen LogP contribution >= 0.6 is 0 Å². The number of likely N-dealkylation sites (N-methyl/N-ethyl adjacent to an activating group) is 1. The van der Waals surface area contributed by atoms with E-state index in [1.165, 1.54) is 12.1 Å². The Bertz CT molecular complexity index is 471.